The first kappa shape index (κ1) is 15.6. The molecular weight excluding hydrogens is 292 g/mol. The van der Waals surface area contributed by atoms with Crippen molar-refractivity contribution in [1.82, 2.24) is 14.9 Å². The molecule has 2 aromatic rings. The molecule has 0 radical (unpaired) electrons. The summed E-state index contributed by atoms with van der Waals surface area (Å²) in [6.45, 7) is 3.94. The Kier molecular flexibility index (Phi) is 4.71. The Labute approximate surface area is 123 Å². The molecule has 21 heavy (non-hydrogen) atoms. The minimum atomic E-state index is -3.58. The number of aromatic nitrogens is 2. The number of hydrogen-bond acceptors (Lipinski definition) is 6. The normalized spacial score (nSPS) is 11.8. The predicted octanol–water partition coefficient (Wildman–Crippen LogP) is 0.666. The zero-order chi connectivity index (χ0) is 15.5. The Hall–Kier alpha value is -1.77. The van der Waals surface area contributed by atoms with Crippen molar-refractivity contribution in [2.24, 2.45) is 5.73 Å². The second kappa shape index (κ2) is 6.33. The molecule has 0 bridgehead atoms. The number of nitrogens with one attached hydrogen (secondary N) is 1. The number of nitrogens with two attached hydrogens (primary N) is 1. The highest BCUT2D eigenvalue weighted by Crippen LogP contribution is 2.18. The maximum atomic E-state index is 12.3. The van der Waals surface area contributed by atoms with E-state index in [-0.39, 0.29) is 11.4 Å². The van der Waals surface area contributed by atoms with Gasteiger partial charge in [0.15, 0.2) is 5.82 Å². The van der Waals surface area contributed by atoms with Crippen LogP contribution in [-0.4, -0.2) is 25.1 Å². The van der Waals surface area contributed by atoms with Crippen LogP contribution in [0.3, 0.4) is 0 Å². The van der Waals surface area contributed by atoms with Gasteiger partial charge in [-0.25, -0.2) is 13.1 Å². The van der Waals surface area contributed by atoms with Gasteiger partial charge in [-0.3, -0.25) is 0 Å². The molecule has 0 atom stereocenters. The average Bonchev–Trinajstić information content (AvgIpc) is 2.84. The molecule has 0 aliphatic carbocycles. The van der Waals surface area contributed by atoms with Crippen molar-refractivity contribution in [2.75, 3.05) is 6.54 Å². The number of benzene rings is 1. The third-order valence-corrected chi connectivity index (χ3v) is 4.72. The minimum Gasteiger partial charge on any atom is -0.340 e. The summed E-state index contributed by atoms with van der Waals surface area (Å²) in [4.78, 5) is 4.26. The van der Waals surface area contributed by atoms with E-state index in [2.05, 4.69) is 14.9 Å². The van der Waals surface area contributed by atoms with Gasteiger partial charge in [0, 0.05) is 26.4 Å². The predicted molar refractivity (Wildman–Crippen MR) is 77.0 cm³/mol. The Morgan fingerprint density at radius 1 is 1.33 bits per heavy atom. The summed E-state index contributed by atoms with van der Waals surface area (Å²) in [6.07, 6.45) is 0.367. The number of rotatable bonds is 6. The summed E-state index contributed by atoms with van der Waals surface area (Å²) in [6, 6.07) is 5.07. The zero-order valence-electron chi connectivity index (χ0n) is 12.0. The molecule has 0 fully saturated rings. The van der Waals surface area contributed by atoms with Crippen LogP contribution in [0.1, 0.15) is 22.8 Å². The summed E-state index contributed by atoms with van der Waals surface area (Å²) < 4.78 is 32.0. The van der Waals surface area contributed by atoms with Gasteiger partial charge < -0.3 is 10.3 Å². The van der Waals surface area contributed by atoms with E-state index in [4.69, 9.17) is 10.3 Å². The van der Waals surface area contributed by atoms with Crippen molar-refractivity contribution in [3.05, 3.63) is 41.0 Å². The quantitative estimate of drug-likeness (QED) is 0.811. The van der Waals surface area contributed by atoms with Gasteiger partial charge in [-0.2, -0.15) is 4.98 Å². The Bertz CT molecular complexity index is 725. The zero-order valence-corrected chi connectivity index (χ0v) is 12.8. The Morgan fingerprint density at radius 2 is 2.10 bits per heavy atom. The highest BCUT2D eigenvalue weighted by atomic mass is 32.2. The number of aryl methyl sites for hydroxylation is 1. The van der Waals surface area contributed by atoms with Crippen LogP contribution < -0.4 is 10.5 Å². The molecule has 7 nitrogen and oxygen atoms in total. The summed E-state index contributed by atoms with van der Waals surface area (Å²) in [5, 5.41) is 3.72. The maximum Gasteiger partial charge on any atom is 0.240 e. The summed E-state index contributed by atoms with van der Waals surface area (Å²) in [7, 11) is -3.58. The molecule has 0 aliphatic heterocycles. The smallest absolute Gasteiger partial charge is 0.240 e. The van der Waals surface area contributed by atoms with Crippen LogP contribution in [0.4, 0.5) is 0 Å². The molecule has 1 heterocycles. The van der Waals surface area contributed by atoms with Crippen molar-refractivity contribution >= 4 is 10.0 Å². The van der Waals surface area contributed by atoms with Gasteiger partial charge in [0.1, 0.15) is 0 Å². The molecule has 114 valence electrons. The van der Waals surface area contributed by atoms with Gasteiger partial charge in [0.25, 0.3) is 0 Å². The first-order valence-corrected chi connectivity index (χ1v) is 8.00. The molecule has 1 aromatic heterocycles. The fraction of sp³-hybridized carbons (Fsp3) is 0.385. The molecule has 0 amide bonds. The van der Waals surface area contributed by atoms with Crippen molar-refractivity contribution in [2.45, 2.75) is 31.7 Å². The van der Waals surface area contributed by atoms with Gasteiger partial charge in [0.2, 0.25) is 15.9 Å². The van der Waals surface area contributed by atoms with Crippen LogP contribution in [0.25, 0.3) is 0 Å². The average molecular weight is 310 g/mol. The first-order valence-electron chi connectivity index (χ1n) is 6.51. The topological polar surface area (TPSA) is 111 Å². The fourth-order valence-corrected chi connectivity index (χ4v) is 3.31. The highest BCUT2D eigenvalue weighted by Gasteiger charge is 2.17. The van der Waals surface area contributed by atoms with Crippen LogP contribution >= 0.6 is 0 Å². The number of sulfonamides is 1. The molecule has 0 saturated heterocycles. The Morgan fingerprint density at radius 3 is 2.71 bits per heavy atom. The third-order valence-electron chi connectivity index (χ3n) is 3.12. The Balaban J connectivity index is 2.08. The number of nitrogens with zero attached hydrogens (tertiary/aromatic N) is 2. The van der Waals surface area contributed by atoms with E-state index < -0.39 is 10.0 Å². The summed E-state index contributed by atoms with van der Waals surface area (Å²) >= 11 is 0. The van der Waals surface area contributed by atoms with Crippen LogP contribution in [0.2, 0.25) is 0 Å². The SMILES string of the molecule is Cc1nc(CCNS(=O)(=O)c2cccc(CN)c2C)no1. The lowest BCUT2D eigenvalue weighted by atomic mass is 10.1. The lowest BCUT2D eigenvalue weighted by molar-refractivity contribution is 0.387. The van der Waals surface area contributed by atoms with E-state index in [0.717, 1.165) is 5.56 Å². The molecular formula is C13H18N4O3S. The van der Waals surface area contributed by atoms with E-state index in [1.807, 2.05) is 6.07 Å². The molecule has 8 heteroatoms. The molecule has 2 rings (SSSR count). The van der Waals surface area contributed by atoms with Crippen molar-refractivity contribution in [3.63, 3.8) is 0 Å². The summed E-state index contributed by atoms with van der Waals surface area (Å²) in [5.41, 5.74) is 7.08. The highest BCUT2D eigenvalue weighted by molar-refractivity contribution is 7.89. The lowest BCUT2D eigenvalue weighted by Gasteiger charge is -2.11. The molecule has 1 aromatic carbocycles. The minimum absolute atomic E-state index is 0.202. The van der Waals surface area contributed by atoms with Crippen LogP contribution in [-0.2, 0) is 23.0 Å². The summed E-state index contributed by atoms with van der Waals surface area (Å²) in [5.74, 6) is 0.932. The van der Waals surface area contributed by atoms with E-state index in [0.29, 0.717) is 30.2 Å². The van der Waals surface area contributed by atoms with Gasteiger partial charge in [-0.1, -0.05) is 17.3 Å². The fourth-order valence-electron chi connectivity index (χ4n) is 1.99. The first-order chi connectivity index (χ1) is 9.94. The molecule has 0 saturated carbocycles. The van der Waals surface area contributed by atoms with Crippen LogP contribution in [0.5, 0.6) is 0 Å². The van der Waals surface area contributed by atoms with E-state index >= 15 is 0 Å². The second-order valence-corrected chi connectivity index (χ2v) is 6.36. The van der Waals surface area contributed by atoms with E-state index in [1.54, 1.807) is 26.0 Å². The van der Waals surface area contributed by atoms with Gasteiger partial charge in [0.05, 0.1) is 4.90 Å². The van der Waals surface area contributed by atoms with Crippen molar-refractivity contribution in [1.29, 1.82) is 0 Å². The van der Waals surface area contributed by atoms with Crippen LogP contribution in [0, 0.1) is 13.8 Å². The monoisotopic (exact) mass is 310 g/mol. The van der Waals surface area contributed by atoms with Gasteiger partial charge in [-0.05, 0) is 24.1 Å². The lowest BCUT2D eigenvalue weighted by Crippen LogP contribution is -2.27. The maximum absolute atomic E-state index is 12.3. The second-order valence-electron chi connectivity index (χ2n) is 4.62. The van der Waals surface area contributed by atoms with E-state index in [1.165, 1.54) is 0 Å². The van der Waals surface area contributed by atoms with Gasteiger partial charge in [-0.15, -0.1) is 0 Å². The molecule has 0 unspecified atom stereocenters. The number of hydrogen-bond donors (Lipinski definition) is 2. The third kappa shape index (κ3) is 3.66. The molecule has 3 N–H and O–H groups in total. The van der Waals surface area contributed by atoms with Crippen molar-refractivity contribution in [3.8, 4) is 0 Å². The standard InChI is InChI=1S/C13H18N4O3S/c1-9-11(8-14)4-3-5-12(9)21(18,19)15-7-6-13-16-10(2)20-17-13/h3-5,15H,6-8,14H2,1-2H3. The molecule has 0 aliphatic rings. The van der Waals surface area contributed by atoms with E-state index in [9.17, 15) is 8.42 Å². The van der Waals surface area contributed by atoms with Crippen LogP contribution in [0.15, 0.2) is 27.6 Å². The van der Waals surface area contributed by atoms with Crippen molar-refractivity contribution < 1.29 is 12.9 Å². The van der Waals surface area contributed by atoms with Gasteiger partial charge >= 0.3 is 0 Å². The largest absolute Gasteiger partial charge is 0.340 e. The molecule has 0 spiro atoms.